The number of unbranched alkanes of at least 4 members (excludes halogenated alkanes) is 2. The largest absolute Gasteiger partial charge is 0.381 e. The first-order valence-corrected chi connectivity index (χ1v) is 10.1. The summed E-state index contributed by atoms with van der Waals surface area (Å²) in [5.74, 6) is 1.51. The maximum absolute atomic E-state index is 8.89. The van der Waals surface area contributed by atoms with Crippen molar-refractivity contribution in [3.63, 3.8) is 0 Å². The standard InChI is InChI=1S/C23H33NO/c1-2-3-4-5-6-7-17-25-18-16-20-8-12-22(13-9-20)23-14-10-21(19-24)11-15-23/h5-6,10-11,14-15,20,22H,2-4,7-9,12-13,16-18H2,1H3. The number of nitrogens with zero attached hydrogens (tertiary/aromatic N) is 1. The molecule has 0 unspecified atom stereocenters. The Labute approximate surface area is 153 Å². The molecule has 0 atom stereocenters. The van der Waals surface area contributed by atoms with Gasteiger partial charge < -0.3 is 4.74 Å². The highest BCUT2D eigenvalue weighted by atomic mass is 16.5. The van der Waals surface area contributed by atoms with Gasteiger partial charge >= 0.3 is 0 Å². The maximum atomic E-state index is 8.89. The van der Waals surface area contributed by atoms with Gasteiger partial charge in [0, 0.05) is 6.61 Å². The number of hydrogen-bond donors (Lipinski definition) is 0. The highest BCUT2D eigenvalue weighted by molar-refractivity contribution is 5.33. The van der Waals surface area contributed by atoms with Crippen LogP contribution in [0.3, 0.4) is 0 Å². The van der Waals surface area contributed by atoms with E-state index in [1.807, 2.05) is 12.1 Å². The molecule has 0 aliphatic heterocycles. The Morgan fingerprint density at radius 3 is 2.44 bits per heavy atom. The summed E-state index contributed by atoms with van der Waals surface area (Å²) in [4.78, 5) is 0. The smallest absolute Gasteiger partial charge is 0.0991 e. The summed E-state index contributed by atoms with van der Waals surface area (Å²) in [6, 6.07) is 10.4. The number of benzene rings is 1. The SMILES string of the molecule is CCCCC=CCCOCCC1CCC(c2ccc(C#N)cc2)CC1. The molecule has 0 bridgehead atoms. The Kier molecular flexibility index (Phi) is 9.37. The van der Waals surface area contributed by atoms with Crippen LogP contribution < -0.4 is 0 Å². The summed E-state index contributed by atoms with van der Waals surface area (Å²) in [7, 11) is 0. The van der Waals surface area contributed by atoms with Crippen LogP contribution in [0.25, 0.3) is 0 Å². The molecular weight excluding hydrogens is 306 g/mol. The van der Waals surface area contributed by atoms with Gasteiger partial charge in [-0.2, -0.15) is 5.26 Å². The molecule has 1 aliphatic carbocycles. The quantitative estimate of drug-likeness (QED) is 0.366. The summed E-state index contributed by atoms with van der Waals surface area (Å²) >= 11 is 0. The number of rotatable bonds is 10. The van der Waals surface area contributed by atoms with E-state index in [4.69, 9.17) is 10.00 Å². The maximum Gasteiger partial charge on any atom is 0.0991 e. The summed E-state index contributed by atoms with van der Waals surface area (Å²) in [6.45, 7) is 4.01. The van der Waals surface area contributed by atoms with Gasteiger partial charge in [0.05, 0.1) is 18.2 Å². The first kappa shape index (κ1) is 19.7. The number of allylic oxidation sites excluding steroid dienone is 1. The first-order chi connectivity index (χ1) is 12.3. The third kappa shape index (κ3) is 7.45. The summed E-state index contributed by atoms with van der Waals surface area (Å²) < 4.78 is 5.80. The molecule has 1 aromatic carbocycles. The van der Waals surface area contributed by atoms with Gasteiger partial charge in [0.1, 0.15) is 0 Å². The summed E-state index contributed by atoms with van der Waals surface area (Å²) in [5, 5.41) is 8.89. The average molecular weight is 340 g/mol. The highest BCUT2D eigenvalue weighted by Crippen LogP contribution is 2.37. The Bertz CT molecular complexity index is 532. The predicted octanol–water partition coefficient (Wildman–Crippen LogP) is 6.38. The Balaban J connectivity index is 1.55. The van der Waals surface area contributed by atoms with Crippen LogP contribution in [0.2, 0.25) is 0 Å². The minimum Gasteiger partial charge on any atom is -0.381 e. The van der Waals surface area contributed by atoms with Crippen LogP contribution in [0.5, 0.6) is 0 Å². The van der Waals surface area contributed by atoms with E-state index in [0.29, 0.717) is 5.92 Å². The molecule has 0 radical (unpaired) electrons. The number of hydrogen-bond acceptors (Lipinski definition) is 2. The van der Waals surface area contributed by atoms with Crippen molar-refractivity contribution in [2.75, 3.05) is 13.2 Å². The molecule has 2 nitrogen and oxygen atoms in total. The highest BCUT2D eigenvalue weighted by Gasteiger charge is 2.22. The zero-order valence-corrected chi connectivity index (χ0v) is 15.8. The second-order valence-corrected chi connectivity index (χ2v) is 7.25. The van der Waals surface area contributed by atoms with Crippen molar-refractivity contribution >= 4 is 0 Å². The molecular formula is C23H33NO. The van der Waals surface area contributed by atoms with Crippen molar-refractivity contribution in [3.8, 4) is 6.07 Å². The number of ether oxygens (including phenoxy) is 1. The Morgan fingerprint density at radius 2 is 1.76 bits per heavy atom. The molecule has 0 saturated heterocycles. The molecule has 1 fully saturated rings. The van der Waals surface area contributed by atoms with Crippen molar-refractivity contribution in [3.05, 3.63) is 47.5 Å². The molecule has 0 heterocycles. The molecule has 0 amide bonds. The second-order valence-electron chi connectivity index (χ2n) is 7.25. The van der Waals surface area contributed by atoms with E-state index in [0.717, 1.165) is 31.1 Å². The lowest BCUT2D eigenvalue weighted by molar-refractivity contribution is 0.116. The second kappa shape index (κ2) is 11.9. The molecule has 0 N–H and O–H groups in total. The topological polar surface area (TPSA) is 33.0 Å². The zero-order chi connectivity index (χ0) is 17.7. The van der Waals surface area contributed by atoms with E-state index < -0.39 is 0 Å². The van der Waals surface area contributed by atoms with E-state index >= 15 is 0 Å². The van der Waals surface area contributed by atoms with Crippen LogP contribution in [0, 0.1) is 17.2 Å². The van der Waals surface area contributed by atoms with Gasteiger partial charge in [-0.05, 0) is 74.5 Å². The molecule has 2 rings (SSSR count). The van der Waals surface area contributed by atoms with Gasteiger partial charge in [-0.15, -0.1) is 0 Å². The lowest BCUT2D eigenvalue weighted by Gasteiger charge is -2.28. The van der Waals surface area contributed by atoms with Crippen LogP contribution in [0.15, 0.2) is 36.4 Å². The normalized spacial score (nSPS) is 20.6. The van der Waals surface area contributed by atoms with Crippen LogP contribution in [-0.2, 0) is 4.74 Å². The van der Waals surface area contributed by atoms with Gasteiger partial charge in [0.15, 0.2) is 0 Å². The van der Waals surface area contributed by atoms with E-state index in [1.165, 1.54) is 56.9 Å². The Hall–Kier alpha value is -1.59. The van der Waals surface area contributed by atoms with E-state index in [9.17, 15) is 0 Å². The third-order valence-corrected chi connectivity index (χ3v) is 5.35. The zero-order valence-electron chi connectivity index (χ0n) is 15.8. The lowest BCUT2D eigenvalue weighted by Crippen LogP contribution is -2.15. The molecule has 1 aromatic rings. The van der Waals surface area contributed by atoms with Crippen molar-refractivity contribution < 1.29 is 4.74 Å². The molecule has 1 aliphatic rings. The molecule has 25 heavy (non-hydrogen) atoms. The summed E-state index contributed by atoms with van der Waals surface area (Å²) in [6.07, 6.45) is 15.8. The fourth-order valence-electron chi connectivity index (χ4n) is 3.68. The van der Waals surface area contributed by atoms with Crippen molar-refractivity contribution in [2.24, 2.45) is 5.92 Å². The van der Waals surface area contributed by atoms with Gasteiger partial charge in [-0.1, -0.05) is 44.1 Å². The van der Waals surface area contributed by atoms with Crippen LogP contribution in [-0.4, -0.2) is 13.2 Å². The predicted molar refractivity (Wildman–Crippen MR) is 105 cm³/mol. The molecule has 1 saturated carbocycles. The first-order valence-electron chi connectivity index (χ1n) is 10.1. The minimum absolute atomic E-state index is 0.679. The van der Waals surface area contributed by atoms with Gasteiger partial charge in [-0.3, -0.25) is 0 Å². The molecule has 0 aromatic heterocycles. The summed E-state index contributed by atoms with van der Waals surface area (Å²) in [5.41, 5.74) is 2.17. The van der Waals surface area contributed by atoms with Gasteiger partial charge in [0.25, 0.3) is 0 Å². The molecule has 0 spiro atoms. The van der Waals surface area contributed by atoms with Crippen molar-refractivity contribution in [1.82, 2.24) is 0 Å². The monoisotopic (exact) mass is 339 g/mol. The number of nitriles is 1. The minimum atomic E-state index is 0.679. The Morgan fingerprint density at radius 1 is 1.04 bits per heavy atom. The van der Waals surface area contributed by atoms with Gasteiger partial charge in [-0.25, -0.2) is 0 Å². The lowest BCUT2D eigenvalue weighted by atomic mass is 9.77. The van der Waals surface area contributed by atoms with Crippen LogP contribution in [0.4, 0.5) is 0 Å². The fraction of sp³-hybridized carbons (Fsp3) is 0.609. The average Bonchev–Trinajstić information content (AvgIpc) is 2.67. The van der Waals surface area contributed by atoms with E-state index in [2.05, 4.69) is 37.3 Å². The van der Waals surface area contributed by atoms with Gasteiger partial charge in [0.2, 0.25) is 0 Å². The van der Waals surface area contributed by atoms with Crippen molar-refractivity contribution in [2.45, 2.75) is 70.6 Å². The van der Waals surface area contributed by atoms with Crippen LogP contribution in [0.1, 0.15) is 81.8 Å². The molecule has 2 heteroatoms. The van der Waals surface area contributed by atoms with E-state index in [-0.39, 0.29) is 0 Å². The van der Waals surface area contributed by atoms with Crippen molar-refractivity contribution in [1.29, 1.82) is 5.26 Å². The fourth-order valence-corrected chi connectivity index (χ4v) is 3.68. The third-order valence-electron chi connectivity index (χ3n) is 5.35. The van der Waals surface area contributed by atoms with Crippen LogP contribution >= 0.6 is 0 Å². The molecule has 136 valence electrons. The van der Waals surface area contributed by atoms with E-state index in [1.54, 1.807) is 0 Å².